The minimum atomic E-state index is -0.317. The van der Waals surface area contributed by atoms with Crippen molar-refractivity contribution in [3.63, 3.8) is 0 Å². The van der Waals surface area contributed by atoms with Gasteiger partial charge in [-0.25, -0.2) is 0 Å². The third-order valence-electron chi connectivity index (χ3n) is 3.74. The Morgan fingerprint density at radius 1 is 1.25 bits per heavy atom. The van der Waals surface area contributed by atoms with E-state index in [1.54, 1.807) is 37.4 Å². The van der Waals surface area contributed by atoms with E-state index in [0.29, 0.717) is 31.9 Å². The number of benzene rings is 2. The van der Waals surface area contributed by atoms with Gasteiger partial charge in [-0.15, -0.1) is 0 Å². The summed E-state index contributed by atoms with van der Waals surface area (Å²) in [4.78, 5) is 27.5. The Morgan fingerprint density at radius 2 is 2.00 bits per heavy atom. The van der Waals surface area contributed by atoms with Crippen LogP contribution >= 0.6 is 23.8 Å². The van der Waals surface area contributed by atoms with Crippen molar-refractivity contribution in [3.05, 3.63) is 67.7 Å². The summed E-state index contributed by atoms with van der Waals surface area (Å²) < 4.78 is 1.65. The number of nitrogens with zero attached hydrogens (tertiary/aromatic N) is 1. The summed E-state index contributed by atoms with van der Waals surface area (Å²) in [7, 11) is 1.60. The highest BCUT2D eigenvalue weighted by Gasteiger charge is 2.11. The van der Waals surface area contributed by atoms with Gasteiger partial charge in [0.25, 0.3) is 11.5 Å². The second kappa shape index (κ2) is 6.22. The predicted molar refractivity (Wildman–Crippen MR) is 98.5 cm³/mol. The van der Waals surface area contributed by atoms with Crippen LogP contribution in [0.3, 0.4) is 0 Å². The molecule has 2 N–H and O–H groups in total. The quantitative estimate of drug-likeness (QED) is 0.684. The van der Waals surface area contributed by atoms with Crippen LogP contribution < -0.4 is 10.9 Å². The number of H-pyrrole nitrogens is 1. The molecule has 0 aliphatic heterocycles. The van der Waals surface area contributed by atoms with Crippen molar-refractivity contribution in [2.45, 2.75) is 6.92 Å². The molecule has 0 saturated heterocycles. The monoisotopic (exact) mass is 359 g/mol. The minimum Gasteiger partial charge on any atom is -0.332 e. The molecular formula is C17H14ClN3O2S. The molecule has 24 heavy (non-hydrogen) atoms. The van der Waals surface area contributed by atoms with Gasteiger partial charge < -0.3 is 10.3 Å². The maximum Gasteiger partial charge on any atom is 0.261 e. The molecule has 0 spiro atoms. The van der Waals surface area contributed by atoms with Crippen LogP contribution in [0.1, 0.15) is 15.9 Å². The molecule has 1 amide bonds. The van der Waals surface area contributed by atoms with E-state index in [1.165, 1.54) is 4.57 Å². The van der Waals surface area contributed by atoms with Crippen LogP contribution in [0.2, 0.25) is 5.02 Å². The van der Waals surface area contributed by atoms with E-state index in [4.69, 9.17) is 23.8 Å². The molecule has 122 valence electrons. The number of hydrogen-bond acceptors (Lipinski definition) is 3. The first-order valence-corrected chi connectivity index (χ1v) is 7.96. The molecular weight excluding hydrogens is 346 g/mol. The third kappa shape index (κ3) is 2.98. The molecule has 3 rings (SSSR count). The van der Waals surface area contributed by atoms with E-state index < -0.39 is 0 Å². The smallest absolute Gasteiger partial charge is 0.261 e. The second-order valence-corrected chi connectivity index (χ2v) is 6.29. The first-order valence-electron chi connectivity index (χ1n) is 7.17. The lowest BCUT2D eigenvalue weighted by atomic mass is 10.1. The molecule has 0 aliphatic rings. The molecule has 3 aromatic rings. The van der Waals surface area contributed by atoms with E-state index in [0.717, 1.165) is 5.56 Å². The summed E-state index contributed by atoms with van der Waals surface area (Å²) in [5, 5.41) is 3.70. The van der Waals surface area contributed by atoms with Crippen molar-refractivity contribution in [3.8, 4) is 0 Å². The summed E-state index contributed by atoms with van der Waals surface area (Å²) in [5.74, 6) is -0.317. The summed E-state index contributed by atoms with van der Waals surface area (Å²) >= 11 is 11.2. The van der Waals surface area contributed by atoms with Crippen molar-refractivity contribution in [2.24, 2.45) is 7.05 Å². The summed E-state index contributed by atoms with van der Waals surface area (Å²) in [6.07, 6.45) is 0. The van der Waals surface area contributed by atoms with Crippen molar-refractivity contribution in [2.75, 3.05) is 5.32 Å². The lowest BCUT2D eigenvalue weighted by Crippen LogP contribution is -2.19. The molecule has 7 heteroatoms. The molecule has 0 fully saturated rings. The van der Waals surface area contributed by atoms with Crippen molar-refractivity contribution < 1.29 is 4.79 Å². The van der Waals surface area contributed by atoms with Crippen LogP contribution in [0.5, 0.6) is 0 Å². The maximum absolute atomic E-state index is 12.4. The molecule has 0 unspecified atom stereocenters. The highest BCUT2D eigenvalue weighted by molar-refractivity contribution is 7.71. The Bertz CT molecular complexity index is 1090. The minimum absolute atomic E-state index is 0.206. The molecule has 1 heterocycles. The molecule has 1 aromatic heterocycles. The third-order valence-corrected chi connectivity index (χ3v) is 4.42. The van der Waals surface area contributed by atoms with Crippen LogP contribution in [0.25, 0.3) is 10.9 Å². The molecule has 5 nitrogen and oxygen atoms in total. The Labute approximate surface area is 147 Å². The highest BCUT2D eigenvalue weighted by Crippen LogP contribution is 2.23. The Hall–Kier alpha value is -2.44. The van der Waals surface area contributed by atoms with Gasteiger partial charge in [-0.3, -0.25) is 14.2 Å². The zero-order valence-corrected chi connectivity index (χ0v) is 14.6. The first-order chi connectivity index (χ1) is 11.4. The Kier molecular flexibility index (Phi) is 4.26. The van der Waals surface area contributed by atoms with E-state index in [9.17, 15) is 9.59 Å². The molecule has 0 saturated carbocycles. The van der Waals surface area contributed by atoms with Crippen LogP contribution in [0.15, 0.2) is 41.2 Å². The zero-order valence-electron chi connectivity index (χ0n) is 13.0. The van der Waals surface area contributed by atoms with Crippen molar-refractivity contribution in [1.82, 2.24) is 9.55 Å². The number of carbonyl (C=O) groups is 1. The number of aryl methyl sites for hydroxylation is 1. The van der Waals surface area contributed by atoms with E-state index in [1.807, 2.05) is 13.0 Å². The Morgan fingerprint density at radius 3 is 2.71 bits per heavy atom. The SMILES string of the molecule is Cc1ccc(NC(=O)c2ccc3c(=O)n(C)c(=S)[nH]c3c2)c(Cl)c1. The fourth-order valence-electron chi connectivity index (χ4n) is 2.36. The van der Waals surface area contributed by atoms with Gasteiger partial charge in [0, 0.05) is 12.6 Å². The van der Waals surface area contributed by atoms with Crippen LogP contribution in [-0.4, -0.2) is 15.5 Å². The Balaban J connectivity index is 2.00. The maximum atomic E-state index is 12.4. The topological polar surface area (TPSA) is 66.9 Å². The number of fused-ring (bicyclic) bond motifs is 1. The fraction of sp³-hybridized carbons (Fsp3) is 0.118. The first kappa shape index (κ1) is 16.4. The second-order valence-electron chi connectivity index (χ2n) is 5.49. The number of halogens is 1. The van der Waals surface area contributed by atoms with Gasteiger partial charge in [-0.1, -0.05) is 17.7 Å². The number of carbonyl (C=O) groups excluding carboxylic acids is 1. The molecule has 2 aromatic carbocycles. The molecule has 0 aliphatic carbocycles. The van der Waals surface area contributed by atoms with Crippen molar-refractivity contribution in [1.29, 1.82) is 0 Å². The highest BCUT2D eigenvalue weighted by atomic mass is 35.5. The lowest BCUT2D eigenvalue weighted by molar-refractivity contribution is 0.102. The summed E-state index contributed by atoms with van der Waals surface area (Å²) in [6.45, 7) is 1.92. The number of rotatable bonds is 2. The normalized spacial score (nSPS) is 10.8. The van der Waals surface area contributed by atoms with Crippen molar-refractivity contribution >= 4 is 46.3 Å². The number of nitrogens with one attached hydrogen (secondary N) is 2. The number of aromatic amines is 1. The van der Waals surface area contributed by atoms with E-state index in [-0.39, 0.29) is 11.5 Å². The largest absolute Gasteiger partial charge is 0.332 e. The van der Waals surface area contributed by atoms with Gasteiger partial charge in [0.15, 0.2) is 4.77 Å². The lowest BCUT2D eigenvalue weighted by Gasteiger charge is -2.09. The number of hydrogen-bond donors (Lipinski definition) is 2. The summed E-state index contributed by atoms with van der Waals surface area (Å²) in [5.41, 5.74) is 2.25. The van der Waals surface area contributed by atoms with Gasteiger partial charge in [0.2, 0.25) is 0 Å². The molecule has 0 atom stereocenters. The van der Waals surface area contributed by atoms with E-state index >= 15 is 0 Å². The van der Waals surface area contributed by atoms with Gasteiger partial charge >= 0.3 is 0 Å². The number of anilines is 1. The van der Waals surface area contributed by atoms with Gasteiger partial charge in [-0.2, -0.15) is 0 Å². The van der Waals surface area contributed by atoms with Crippen LogP contribution in [0, 0.1) is 11.7 Å². The number of aromatic nitrogens is 2. The van der Waals surface area contributed by atoms with E-state index in [2.05, 4.69) is 10.3 Å². The van der Waals surface area contributed by atoms with Crippen LogP contribution in [0.4, 0.5) is 5.69 Å². The summed E-state index contributed by atoms with van der Waals surface area (Å²) in [6, 6.07) is 10.2. The predicted octanol–water partition coefficient (Wildman–Crippen LogP) is 3.81. The van der Waals surface area contributed by atoms with Gasteiger partial charge in [-0.05, 0) is 55.0 Å². The van der Waals surface area contributed by atoms with Gasteiger partial charge in [0.1, 0.15) is 0 Å². The van der Waals surface area contributed by atoms with Crippen LogP contribution in [-0.2, 0) is 7.05 Å². The standard InChI is InChI=1S/C17H14ClN3O2S/c1-9-3-6-13(12(18)7-9)19-15(22)10-4-5-11-14(8-10)20-17(24)21(2)16(11)23/h3-8H,1-2H3,(H,19,22)(H,20,24). The molecule has 0 radical (unpaired) electrons. The number of amides is 1. The molecule has 0 bridgehead atoms. The van der Waals surface area contributed by atoms with Gasteiger partial charge in [0.05, 0.1) is 21.6 Å². The zero-order chi connectivity index (χ0) is 17.4. The average molecular weight is 360 g/mol. The fourth-order valence-corrected chi connectivity index (χ4v) is 2.84. The average Bonchev–Trinajstić information content (AvgIpc) is 2.54.